The molecule has 2 N–H and O–H groups in total. The van der Waals surface area contributed by atoms with Gasteiger partial charge < -0.3 is 10.6 Å². The van der Waals surface area contributed by atoms with Crippen molar-refractivity contribution in [1.82, 2.24) is 4.98 Å². The van der Waals surface area contributed by atoms with Crippen molar-refractivity contribution in [1.29, 1.82) is 0 Å². The van der Waals surface area contributed by atoms with Gasteiger partial charge >= 0.3 is 0 Å². The molecule has 0 aliphatic carbocycles. The third-order valence-corrected chi connectivity index (χ3v) is 3.77. The molecule has 0 saturated heterocycles. The molecule has 0 bridgehead atoms. The molecule has 6 heteroatoms. The molecular weight excluding hydrogens is 336 g/mol. The number of nitrogens with one attached hydrogen (secondary N) is 2. The number of carbonyl (C=O) groups is 1. The second-order valence-corrected chi connectivity index (χ2v) is 5.68. The van der Waals surface area contributed by atoms with E-state index in [4.69, 9.17) is 0 Å². The lowest BCUT2D eigenvalue weighted by atomic mass is 10.1. The van der Waals surface area contributed by atoms with Crippen molar-refractivity contribution in [3.63, 3.8) is 0 Å². The van der Waals surface area contributed by atoms with Crippen LogP contribution in [0.3, 0.4) is 0 Å². The Bertz CT molecular complexity index is 883. The van der Waals surface area contributed by atoms with Crippen LogP contribution in [-0.4, -0.2) is 17.4 Å². The molecule has 0 spiro atoms. The average molecular weight is 353 g/mol. The summed E-state index contributed by atoms with van der Waals surface area (Å²) in [7, 11) is 0. The van der Waals surface area contributed by atoms with Crippen LogP contribution in [0.15, 0.2) is 66.9 Å². The van der Waals surface area contributed by atoms with E-state index in [2.05, 4.69) is 27.8 Å². The summed E-state index contributed by atoms with van der Waals surface area (Å²) in [6.07, 6.45) is 2.29. The molecule has 26 heavy (non-hydrogen) atoms. The smallest absolute Gasteiger partial charge is 0.257 e. The van der Waals surface area contributed by atoms with Gasteiger partial charge in [0.1, 0.15) is 5.82 Å². The highest BCUT2D eigenvalue weighted by atomic mass is 19.2. The number of hydrogen-bond donors (Lipinski definition) is 2. The van der Waals surface area contributed by atoms with E-state index in [-0.39, 0.29) is 5.69 Å². The highest BCUT2D eigenvalue weighted by Crippen LogP contribution is 2.14. The minimum atomic E-state index is -1.01. The molecule has 0 aliphatic heterocycles. The van der Waals surface area contributed by atoms with Gasteiger partial charge in [0.25, 0.3) is 5.91 Å². The molecule has 0 radical (unpaired) electrons. The predicted molar refractivity (Wildman–Crippen MR) is 97.2 cm³/mol. The van der Waals surface area contributed by atoms with Gasteiger partial charge in [-0.05, 0) is 36.2 Å². The van der Waals surface area contributed by atoms with E-state index >= 15 is 0 Å². The van der Waals surface area contributed by atoms with Gasteiger partial charge in [0.05, 0.1) is 5.56 Å². The van der Waals surface area contributed by atoms with Crippen molar-refractivity contribution in [3.05, 3.63) is 89.6 Å². The van der Waals surface area contributed by atoms with Gasteiger partial charge in [0, 0.05) is 24.5 Å². The number of aromatic nitrogens is 1. The fourth-order valence-electron chi connectivity index (χ4n) is 2.39. The monoisotopic (exact) mass is 353 g/mol. The molecule has 1 amide bonds. The number of halogens is 2. The first-order valence-electron chi connectivity index (χ1n) is 8.12. The number of anilines is 2. The van der Waals surface area contributed by atoms with Crippen LogP contribution in [0.4, 0.5) is 20.3 Å². The molecule has 0 unspecified atom stereocenters. The second-order valence-electron chi connectivity index (χ2n) is 5.68. The maximum absolute atomic E-state index is 13.2. The van der Waals surface area contributed by atoms with Gasteiger partial charge in [-0.3, -0.25) is 4.79 Å². The maximum Gasteiger partial charge on any atom is 0.257 e. The number of benzene rings is 2. The molecular formula is C20H17F2N3O. The molecule has 0 atom stereocenters. The normalized spacial score (nSPS) is 10.4. The third kappa shape index (κ3) is 4.63. The zero-order valence-electron chi connectivity index (χ0n) is 13.9. The molecule has 1 aromatic heterocycles. The van der Waals surface area contributed by atoms with E-state index in [1.165, 1.54) is 17.8 Å². The van der Waals surface area contributed by atoms with E-state index < -0.39 is 17.5 Å². The van der Waals surface area contributed by atoms with Crippen LogP contribution >= 0.6 is 0 Å². The summed E-state index contributed by atoms with van der Waals surface area (Å²) in [5.74, 6) is -1.76. The molecule has 2 aromatic carbocycles. The Morgan fingerprint density at radius 1 is 0.962 bits per heavy atom. The summed E-state index contributed by atoms with van der Waals surface area (Å²) in [4.78, 5) is 16.3. The van der Waals surface area contributed by atoms with Crippen molar-refractivity contribution >= 4 is 17.4 Å². The minimum Gasteiger partial charge on any atom is -0.370 e. The Morgan fingerprint density at radius 2 is 1.77 bits per heavy atom. The number of nitrogens with zero attached hydrogens (tertiary/aromatic N) is 1. The van der Waals surface area contributed by atoms with Gasteiger partial charge in [0.2, 0.25) is 0 Å². The largest absolute Gasteiger partial charge is 0.370 e. The lowest BCUT2D eigenvalue weighted by Crippen LogP contribution is -2.13. The summed E-state index contributed by atoms with van der Waals surface area (Å²) in [5, 5.41) is 5.69. The number of rotatable bonds is 6. The summed E-state index contributed by atoms with van der Waals surface area (Å²) in [5.41, 5.74) is 1.73. The van der Waals surface area contributed by atoms with Gasteiger partial charge in [-0.25, -0.2) is 13.8 Å². The van der Waals surface area contributed by atoms with Crippen LogP contribution in [0.1, 0.15) is 15.9 Å². The zero-order valence-corrected chi connectivity index (χ0v) is 13.9. The Labute approximate surface area is 149 Å². The lowest BCUT2D eigenvalue weighted by Gasteiger charge is -2.08. The highest BCUT2D eigenvalue weighted by Gasteiger charge is 2.09. The Morgan fingerprint density at radius 3 is 2.46 bits per heavy atom. The quantitative estimate of drug-likeness (QED) is 0.696. The molecule has 0 aliphatic rings. The first-order chi connectivity index (χ1) is 12.6. The van der Waals surface area contributed by atoms with Crippen LogP contribution in [0.25, 0.3) is 0 Å². The van der Waals surface area contributed by atoms with Crippen LogP contribution in [0.2, 0.25) is 0 Å². The third-order valence-electron chi connectivity index (χ3n) is 3.77. The molecule has 0 fully saturated rings. The van der Waals surface area contributed by atoms with E-state index in [0.29, 0.717) is 11.4 Å². The molecule has 0 saturated carbocycles. The number of amides is 1. The van der Waals surface area contributed by atoms with Crippen molar-refractivity contribution < 1.29 is 13.6 Å². The standard InChI is InChI=1S/C20H17F2N3O/c21-17-8-7-16(12-18(17)22)25-20(26)15-6-9-19(24-13-15)23-11-10-14-4-2-1-3-5-14/h1-9,12-13H,10-11H2,(H,23,24)(H,25,26). The fourth-order valence-corrected chi connectivity index (χ4v) is 2.39. The Hall–Kier alpha value is -3.28. The van der Waals surface area contributed by atoms with E-state index in [1.54, 1.807) is 12.1 Å². The maximum atomic E-state index is 13.2. The van der Waals surface area contributed by atoms with Gasteiger partial charge in [-0.2, -0.15) is 0 Å². The average Bonchev–Trinajstić information content (AvgIpc) is 2.66. The molecule has 4 nitrogen and oxygen atoms in total. The van der Waals surface area contributed by atoms with E-state index in [9.17, 15) is 13.6 Å². The predicted octanol–water partition coefficient (Wildman–Crippen LogP) is 4.27. The van der Waals surface area contributed by atoms with Crippen molar-refractivity contribution in [3.8, 4) is 0 Å². The van der Waals surface area contributed by atoms with Crippen LogP contribution in [0.5, 0.6) is 0 Å². The fraction of sp³-hybridized carbons (Fsp3) is 0.100. The topological polar surface area (TPSA) is 54.0 Å². The first kappa shape index (κ1) is 17.5. The number of carbonyl (C=O) groups excluding carboxylic acids is 1. The van der Waals surface area contributed by atoms with Crippen molar-refractivity contribution in [2.24, 2.45) is 0 Å². The summed E-state index contributed by atoms with van der Waals surface area (Å²) >= 11 is 0. The van der Waals surface area contributed by atoms with E-state index in [1.807, 2.05) is 18.2 Å². The molecule has 3 aromatic rings. The minimum absolute atomic E-state index is 0.180. The van der Waals surface area contributed by atoms with Gasteiger partial charge in [-0.15, -0.1) is 0 Å². The Balaban J connectivity index is 1.54. The molecule has 3 rings (SSSR count). The second kappa shape index (κ2) is 8.20. The lowest BCUT2D eigenvalue weighted by molar-refractivity contribution is 0.102. The van der Waals surface area contributed by atoms with Crippen LogP contribution in [0, 0.1) is 11.6 Å². The summed E-state index contributed by atoms with van der Waals surface area (Å²) in [6, 6.07) is 16.6. The number of hydrogen-bond acceptors (Lipinski definition) is 3. The molecule has 132 valence electrons. The van der Waals surface area contributed by atoms with Crippen LogP contribution in [-0.2, 0) is 6.42 Å². The summed E-state index contributed by atoms with van der Waals surface area (Å²) in [6.45, 7) is 0.720. The van der Waals surface area contributed by atoms with Gasteiger partial charge in [0.15, 0.2) is 11.6 Å². The zero-order chi connectivity index (χ0) is 18.4. The first-order valence-corrected chi connectivity index (χ1v) is 8.12. The van der Waals surface area contributed by atoms with Crippen molar-refractivity contribution in [2.75, 3.05) is 17.2 Å². The van der Waals surface area contributed by atoms with E-state index in [0.717, 1.165) is 25.1 Å². The highest BCUT2D eigenvalue weighted by molar-refractivity contribution is 6.04. The number of pyridine rings is 1. The summed E-state index contributed by atoms with van der Waals surface area (Å²) < 4.78 is 26.1. The van der Waals surface area contributed by atoms with Crippen molar-refractivity contribution in [2.45, 2.75) is 6.42 Å². The SMILES string of the molecule is O=C(Nc1ccc(F)c(F)c1)c1ccc(NCCc2ccccc2)nc1. The van der Waals surface area contributed by atoms with Gasteiger partial charge in [-0.1, -0.05) is 30.3 Å². The molecule has 1 heterocycles. The Kier molecular flexibility index (Phi) is 5.53. The van der Waals surface area contributed by atoms with Crippen LogP contribution < -0.4 is 10.6 Å².